The highest BCUT2D eigenvalue weighted by molar-refractivity contribution is 6.05. The van der Waals surface area contributed by atoms with E-state index in [0.29, 0.717) is 13.0 Å². The van der Waals surface area contributed by atoms with Crippen molar-refractivity contribution in [2.75, 3.05) is 6.54 Å². The molecule has 3 N–H and O–H groups in total. The zero-order valence-corrected chi connectivity index (χ0v) is 7.62. The van der Waals surface area contributed by atoms with Gasteiger partial charge in [-0.3, -0.25) is 19.7 Å². The van der Waals surface area contributed by atoms with E-state index >= 15 is 0 Å². The predicted octanol–water partition coefficient (Wildman–Crippen LogP) is -1.32. The maximum absolute atomic E-state index is 11.0. The molecule has 0 radical (unpaired) electrons. The van der Waals surface area contributed by atoms with Crippen molar-refractivity contribution in [3.63, 3.8) is 0 Å². The normalized spacial score (nSPS) is 20.8. The number of esters is 1. The summed E-state index contributed by atoms with van der Waals surface area (Å²) < 4.78 is 4.77. The van der Waals surface area contributed by atoms with Gasteiger partial charge in [0.2, 0.25) is 5.91 Å². The van der Waals surface area contributed by atoms with Crippen LogP contribution in [0.2, 0.25) is 0 Å². The SMILES string of the molecule is NCCCC(=O)O[C@H]1CC(=O)NC1=O. The lowest BCUT2D eigenvalue weighted by Gasteiger charge is -2.07. The lowest BCUT2D eigenvalue weighted by Crippen LogP contribution is -2.28. The summed E-state index contributed by atoms with van der Waals surface area (Å²) in [5, 5.41) is 2.05. The average molecular weight is 200 g/mol. The van der Waals surface area contributed by atoms with Crippen molar-refractivity contribution >= 4 is 17.8 Å². The quantitative estimate of drug-likeness (QED) is 0.433. The molecule has 0 aromatic rings. The Morgan fingerprint density at radius 3 is 2.79 bits per heavy atom. The first kappa shape index (κ1) is 10.6. The van der Waals surface area contributed by atoms with Crippen molar-refractivity contribution in [2.45, 2.75) is 25.4 Å². The van der Waals surface area contributed by atoms with E-state index in [4.69, 9.17) is 10.5 Å². The number of hydrogen-bond donors (Lipinski definition) is 2. The van der Waals surface area contributed by atoms with Gasteiger partial charge < -0.3 is 10.5 Å². The van der Waals surface area contributed by atoms with Gasteiger partial charge in [-0.25, -0.2) is 0 Å². The predicted molar refractivity (Wildman–Crippen MR) is 45.9 cm³/mol. The molecule has 1 fully saturated rings. The first-order valence-corrected chi connectivity index (χ1v) is 4.36. The molecular weight excluding hydrogens is 188 g/mol. The Hall–Kier alpha value is -1.43. The first-order chi connectivity index (χ1) is 6.63. The fraction of sp³-hybridized carbons (Fsp3) is 0.625. The van der Waals surface area contributed by atoms with Crippen molar-refractivity contribution in [3.8, 4) is 0 Å². The number of imide groups is 1. The molecule has 0 spiro atoms. The molecule has 0 aromatic carbocycles. The first-order valence-electron chi connectivity index (χ1n) is 4.36. The fourth-order valence-corrected chi connectivity index (χ4v) is 1.09. The van der Waals surface area contributed by atoms with Crippen LogP contribution in [0.15, 0.2) is 0 Å². The maximum Gasteiger partial charge on any atom is 0.306 e. The monoisotopic (exact) mass is 200 g/mol. The molecule has 0 aliphatic carbocycles. The van der Waals surface area contributed by atoms with Gasteiger partial charge in [0.15, 0.2) is 6.10 Å². The van der Waals surface area contributed by atoms with E-state index in [1.165, 1.54) is 0 Å². The van der Waals surface area contributed by atoms with Gasteiger partial charge in [-0.05, 0) is 13.0 Å². The minimum atomic E-state index is -0.951. The van der Waals surface area contributed by atoms with Crippen LogP contribution in [-0.2, 0) is 19.1 Å². The molecule has 78 valence electrons. The number of nitrogens with two attached hydrogens (primary N) is 1. The van der Waals surface area contributed by atoms with Gasteiger partial charge in [-0.15, -0.1) is 0 Å². The number of carbonyl (C=O) groups excluding carboxylic acids is 3. The van der Waals surface area contributed by atoms with Gasteiger partial charge >= 0.3 is 5.97 Å². The Morgan fingerprint density at radius 1 is 1.57 bits per heavy atom. The molecule has 0 saturated carbocycles. The second kappa shape index (κ2) is 4.71. The number of amides is 2. The summed E-state index contributed by atoms with van der Waals surface area (Å²) in [5.41, 5.74) is 5.19. The third-order valence-electron chi connectivity index (χ3n) is 1.78. The number of ether oxygens (including phenoxy) is 1. The second-order valence-electron chi connectivity index (χ2n) is 2.99. The molecule has 0 bridgehead atoms. The van der Waals surface area contributed by atoms with E-state index in [0.717, 1.165) is 0 Å². The van der Waals surface area contributed by atoms with Crippen LogP contribution in [0.1, 0.15) is 19.3 Å². The molecule has 1 heterocycles. The Morgan fingerprint density at radius 2 is 2.29 bits per heavy atom. The van der Waals surface area contributed by atoms with Crippen molar-refractivity contribution in [3.05, 3.63) is 0 Å². The standard InChI is InChI=1S/C8H12N2O4/c9-3-1-2-7(12)14-5-4-6(11)10-8(5)13/h5H,1-4,9H2,(H,10,11,13)/t5-/m0/s1. The number of nitrogens with one attached hydrogen (secondary N) is 1. The van der Waals surface area contributed by atoms with Gasteiger partial charge in [-0.1, -0.05) is 0 Å². The number of carbonyl (C=O) groups is 3. The Labute approximate surface area is 80.8 Å². The van der Waals surface area contributed by atoms with Crippen LogP contribution in [0.5, 0.6) is 0 Å². The molecule has 2 amide bonds. The summed E-state index contributed by atoms with van der Waals surface area (Å²) in [5.74, 6) is -1.45. The molecule has 1 saturated heterocycles. The van der Waals surface area contributed by atoms with Crippen LogP contribution in [-0.4, -0.2) is 30.4 Å². The molecule has 1 aliphatic rings. The van der Waals surface area contributed by atoms with Crippen LogP contribution >= 0.6 is 0 Å². The number of rotatable bonds is 4. The minimum absolute atomic E-state index is 0.0762. The highest BCUT2D eigenvalue weighted by atomic mass is 16.5. The summed E-state index contributed by atoms with van der Waals surface area (Å²) in [6.07, 6.45) is -0.337. The van der Waals surface area contributed by atoms with Crippen molar-refractivity contribution in [1.82, 2.24) is 5.32 Å². The molecule has 14 heavy (non-hydrogen) atoms. The van der Waals surface area contributed by atoms with E-state index in [1.54, 1.807) is 0 Å². The van der Waals surface area contributed by atoms with Gasteiger partial charge in [0.25, 0.3) is 5.91 Å². The third-order valence-corrected chi connectivity index (χ3v) is 1.78. The Kier molecular flexibility index (Phi) is 3.58. The smallest absolute Gasteiger partial charge is 0.306 e. The lowest BCUT2D eigenvalue weighted by atomic mass is 10.3. The zero-order chi connectivity index (χ0) is 10.6. The molecule has 1 aliphatic heterocycles. The third kappa shape index (κ3) is 2.81. The summed E-state index contributed by atoms with van der Waals surface area (Å²) in [7, 11) is 0. The fourth-order valence-electron chi connectivity index (χ4n) is 1.09. The van der Waals surface area contributed by atoms with Gasteiger partial charge in [0, 0.05) is 6.42 Å². The van der Waals surface area contributed by atoms with Crippen molar-refractivity contribution in [2.24, 2.45) is 5.73 Å². The molecule has 6 heteroatoms. The van der Waals surface area contributed by atoms with E-state index in [-0.39, 0.29) is 12.8 Å². The van der Waals surface area contributed by atoms with Crippen LogP contribution < -0.4 is 11.1 Å². The lowest BCUT2D eigenvalue weighted by molar-refractivity contribution is -0.154. The summed E-state index contributed by atoms with van der Waals surface area (Å²) in [4.78, 5) is 32.7. The molecule has 0 unspecified atom stereocenters. The summed E-state index contributed by atoms with van der Waals surface area (Å²) >= 11 is 0. The highest BCUT2D eigenvalue weighted by Crippen LogP contribution is 2.07. The van der Waals surface area contributed by atoms with Crippen molar-refractivity contribution < 1.29 is 19.1 Å². The van der Waals surface area contributed by atoms with E-state index in [2.05, 4.69) is 0 Å². The largest absolute Gasteiger partial charge is 0.452 e. The van der Waals surface area contributed by atoms with E-state index in [1.807, 2.05) is 5.32 Å². The average Bonchev–Trinajstić information content (AvgIpc) is 2.42. The van der Waals surface area contributed by atoms with Gasteiger partial charge in [0.05, 0.1) is 6.42 Å². The Bertz CT molecular complexity index is 264. The Balaban J connectivity index is 2.33. The van der Waals surface area contributed by atoms with Crippen LogP contribution in [0.3, 0.4) is 0 Å². The maximum atomic E-state index is 11.0. The van der Waals surface area contributed by atoms with Crippen LogP contribution in [0.25, 0.3) is 0 Å². The minimum Gasteiger partial charge on any atom is -0.452 e. The molecule has 1 atom stereocenters. The van der Waals surface area contributed by atoms with E-state index < -0.39 is 23.9 Å². The van der Waals surface area contributed by atoms with Gasteiger partial charge in [-0.2, -0.15) is 0 Å². The second-order valence-corrected chi connectivity index (χ2v) is 2.99. The van der Waals surface area contributed by atoms with Gasteiger partial charge in [0.1, 0.15) is 0 Å². The highest BCUT2D eigenvalue weighted by Gasteiger charge is 2.33. The molecule has 0 aromatic heterocycles. The van der Waals surface area contributed by atoms with Crippen LogP contribution in [0.4, 0.5) is 0 Å². The summed E-state index contributed by atoms with van der Waals surface area (Å²) in [6, 6.07) is 0. The molecule has 1 rings (SSSR count). The van der Waals surface area contributed by atoms with E-state index in [9.17, 15) is 14.4 Å². The van der Waals surface area contributed by atoms with Crippen LogP contribution in [0, 0.1) is 0 Å². The molecule has 6 nitrogen and oxygen atoms in total. The topological polar surface area (TPSA) is 98.5 Å². The number of hydrogen-bond acceptors (Lipinski definition) is 5. The zero-order valence-electron chi connectivity index (χ0n) is 7.62. The summed E-state index contributed by atoms with van der Waals surface area (Å²) in [6.45, 7) is 0.394. The van der Waals surface area contributed by atoms with Crippen molar-refractivity contribution in [1.29, 1.82) is 0 Å². The molecular formula is C8H12N2O4.